The highest BCUT2D eigenvalue weighted by Gasteiger charge is 2.19. The third-order valence-corrected chi connectivity index (χ3v) is 3.35. The van der Waals surface area contributed by atoms with E-state index < -0.39 is 0 Å². The zero-order chi connectivity index (χ0) is 12.2. The quantitative estimate of drug-likeness (QED) is 0.897. The third-order valence-electron chi connectivity index (χ3n) is 2.58. The maximum Gasteiger partial charge on any atom is 0.119 e. The van der Waals surface area contributed by atoms with E-state index in [0.29, 0.717) is 0 Å². The lowest BCUT2D eigenvalue weighted by molar-refractivity contribution is 0.348. The number of rotatable bonds is 5. The zero-order valence-corrected chi connectivity index (χ0v) is 12.0. The van der Waals surface area contributed by atoms with Gasteiger partial charge in [0, 0.05) is 11.0 Å². The van der Waals surface area contributed by atoms with Gasteiger partial charge in [-0.3, -0.25) is 0 Å². The second-order valence-corrected chi connectivity index (χ2v) is 5.68. The first kappa shape index (κ1) is 13.5. The van der Waals surface area contributed by atoms with Gasteiger partial charge >= 0.3 is 0 Å². The Morgan fingerprint density at radius 1 is 1.38 bits per heavy atom. The second-order valence-electron chi connectivity index (χ2n) is 4.83. The largest absolute Gasteiger partial charge is 0.497 e. The molecule has 2 nitrogen and oxygen atoms in total. The molecule has 1 aromatic rings. The van der Waals surface area contributed by atoms with Crippen molar-refractivity contribution in [1.29, 1.82) is 0 Å². The van der Waals surface area contributed by atoms with Crippen molar-refractivity contribution in [2.24, 2.45) is 5.41 Å². The van der Waals surface area contributed by atoms with Gasteiger partial charge in [-0.1, -0.05) is 29.8 Å². The second kappa shape index (κ2) is 5.69. The minimum atomic E-state index is 0.240. The Hall–Kier alpha value is -0.540. The molecule has 0 heterocycles. The van der Waals surface area contributed by atoms with Gasteiger partial charge in [0.2, 0.25) is 0 Å². The number of nitrogens with one attached hydrogen (secondary N) is 1. The molecule has 0 aliphatic heterocycles. The predicted octanol–water partition coefficient (Wildman–Crippen LogP) is 3.25. The van der Waals surface area contributed by atoms with Crippen LogP contribution in [0.5, 0.6) is 5.75 Å². The van der Waals surface area contributed by atoms with Gasteiger partial charge < -0.3 is 10.1 Å². The lowest BCUT2D eigenvalue weighted by Gasteiger charge is -2.25. The van der Waals surface area contributed by atoms with Gasteiger partial charge in [0.05, 0.1) is 7.11 Å². The van der Waals surface area contributed by atoms with Crippen LogP contribution in [0.3, 0.4) is 0 Å². The zero-order valence-electron chi connectivity index (χ0n) is 10.4. The highest BCUT2D eigenvalue weighted by molar-refractivity contribution is 9.10. The summed E-state index contributed by atoms with van der Waals surface area (Å²) in [6.45, 7) is 5.52. The fourth-order valence-electron chi connectivity index (χ4n) is 1.87. The summed E-state index contributed by atoms with van der Waals surface area (Å²) < 4.78 is 6.40. The maximum absolute atomic E-state index is 5.25. The van der Waals surface area contributed by atoms with Gasteiger partial charge in [-0.05, 0) is 42.6 Å². The van der Waals surface area contributed by atoms with Crippen LogP contribution < -0.4 is 10.1 Å². The summed E-state index contributed by atoms with van der Waals surface area (Å²) in [5, 5.41) is 3.23. The molecule has 3 heteroatoms. The Morgan fingerprint density at radius 3 is 2.62 bits per heavy atom. The Labute approximate surface area is 107 Å². The molecule has 0 saturated carbocycles. The van der Waals surface area contributed by atoms with Crippen molar-refractivity contribution >= 4 is 15.9 Å². The van der Waals surface area contributed by atoms with Crippen molar-refractivity contribution in [1.82, 2.24) is 5.32 Å². The van der Waals surface area contributed by atoms with E-state index in [1.807, 2.05) is 19.2 Å². The molecule has 0 spiro atoms. The standard InChI is InChI=1S/C13H20BrNO/c1-13(2,9-15-3)8-10-7-11(16-4)5-6-12(10)14/h5-7,15H,8-9H2,1-4H3. The Balaban J connectivity index is 2.87. The van der Waals surface area contributed by atoms with E-state index >= 15 is 0 Å². The van der Waals surface area contributed by atoms with E-state index in [2.05, 4.69) is 41.2 Å². The minimum Gasteiger partial charge on any atom is -0.497 e. The molecule has 0 bridgehead atoms. The summed E-state index contributed by atoms with van der Waals surface area (Å²) in [7, 11) is 3.69. The lowest BCUT2D eigenvalue weighted by atomic mass is 9.85. The maximum atomic E-state index is 5.25. The number of benzene rings is 1. The van der Waals surface area contributed by atoms with Gasteiger partial charge in [-0.2, -0.15) is 0 Å². The van der Waals surface area contributed by atoms with E-state index in [4.69, 9.17) is 4.74 Å². The van der Waals surface area contributed by atoms with E-state index in [9.17, 15) is 0 Å². The number of hydrogen-bond acceptors (Lipinski definition) is 2. The number of hydrogen-bond donors (Lipinski definition) is 1. The molecule has 0 amide bonds. The molecule has 0 radical (unpaired) electrons. The van der Waals surface area contributed by atoms with E-state index in [1.54, 1.807) is 7.11 Å². The van der Waals surface area contributed by atoms with Crippen molar-refractivity contribution in [3.05, 3.63) is 28.2 Å². The molecule has 16 heavy (non-hydrogen) atoms. The smallest absolute Gasteiger partial charge is 0.119 e. The molecule has 1 N–H and O–H groups in total. The fourth-order valence-corrected chi connectivity index (χ4v) is 2.26. The molecular formula is C13H20BrNO. The first-order valence-corrected chi connectivity index (χ1v) is 6.25. The van der Waals surface area contributed by atoms with Crippen LogP contribution in [0.1, 0.15) is 19.4 Å². The van der Waals surface area contributed by atoms with Crippen LogP contribution in [-0.2, 0) is 6.42 Å². The molecule has 0 atom stereocenters. The fraction of sp³-hybridized carbons (Fsp3) is 0.538. The Bertz CT molecular complexity index is 350. The summed E-state index contributed by atoms with van der Waals surface area (Å²) in [6, 6.07) is 6.11. The summed E-state index contributed by atoms with van der Waals surface area (Å²) in [5.41, 5.74) is 1.53. The lowest BCUT2D eigenvalue weighted by Crippen LogP contribution is -2.28. The van der Waals surface area contributed by atoms with E-state index in [0.717, 1.165) is 23.2 Å². The van der Waals surface area contributed by atoms with Gasteiger partial charge in [0.15, 0.2) is 0 Å². The van der Waals surface area contributed by atoms with Crippen LogP contribution in [0.15, 0.2) is 22.7 Å². The number of methoxy groups -OCH3 is 1. The molecule has 0 fully saturated rings. The molecular weight excluding hydrogens is 266 g/mol. The summed E-state index contributed by atoms with van der Waals surface area (Å²) in [5.74, 6) is 0.915. The highest BCUT2D eigenvalue weighted by atomic mass is 79.9. The molecule has 1 aromatic carbocycles. The van der Waals surface area contributed by atoms with Gasteiger partial charge in [0.1, 0.15) is 5.75 Å². The normalized spacial score (nSPS) is 11.6. The first-order chi connectivity index (χ1) is 7.48. The van der Waals surface area contributed by atoms with Crippen molar-refractivity contribution in [2.45, 2.75) is 20.3 Å². The summed E-state index contributed by atoms with van der Waals surface area (Å²) in [6.07, 6.45) is 1.02. The Kier molecular flexibility index (Phi) is 4.81. The summed E-state index contributed by atoms with van der Waals surface area (Å²) >= 11 is 3.59. The van der Waals surface area contributed by atoms with Crippen LogP contribution in [-0.4, -0.2) is 20.7 Å². The molecule has 0 aliphatic rings. The van der Waals surface area contributed by atoms with Crippen LogP contribution in [0.25, 0.3) is 0 Å². The van der Waals surface area contributed by atoms with E-state index in [1.165, 1.54) is 5.56 Å². The van der Waals surface area contributed by atoms with Crippen LogP contribution in [0, 0.1) is 5.41 Å². The number of ether oxygens (including phenoxy) is 1. The van der Waals surface area contributed by atoms with Crippen molar-refractivity contribution in [3.8, 4) is 5.75 Å². The van der Waals surface area contributed by atoms with E-state index in [-0.39, 0.29) is 5.41 Å². The SMILES string of the molecule is CNCC(C)(C)Cc1cc(OC)ccc1Br. The van der Waals surface area contributed by atoms with Crippen LogP contribution in [0.4, 0.5) is 0 Å². The number of halogens is 1. The predicted molar refractivity (Wildman–Crippen MR) is 72.1 cm³/mol. The molecule has 0 unspecified atom stereocenters. The molecule has 0 aliphatic carbocycles. The minimum absolute atomic E-state index is 0.240. The highest BCUT2D eigenvalue weighted by Crippen LogP contribution is 2.29. The van der Waals surface area contributed by atoms with Gasteiger partial charge in [-0.25, -0.2) is 0 Å². The molecule has 0 aromatic heterocycles. The topological polar surface area (TPSA) is 21.3 Å². The summed E-state index contributed by atoms with van der Waals surface area (Å²) in [4.78, 5) is 0. The molecule has 0 saturated heterocycles. The molecule has 90 valence electrons. The Morgan fingerprint density at radius 2 is 2.06 bits per heavy atom. The average Bonchev–Trinajstić information content (AvgIpc) is 2.21. The van der Waals surface area contributed by atoms with Crippen molar-refractivity contribution in [2.75, 3.05) is 20.7 Å². The van der Waals surface area contributed by atoms with Crippen LogP contribution >= 0.6 is 15.9 Å². The van der Waals surface area contributed by atoms with Crippen molar-refractivity contribution in [3.63, 3.8) is 0 Å². The third kappa shape index (κ3) is 3.80. The average molecular weight is 286 g/mol. The van der Waals surface area contributed by atoms with Crippen LogP contribution in [0.2, 0.25) is 0 Å². The van der Waals surface area contributed by atoms with Crippen molar-refractivity contribution < 1.29 is 4.74 Å². The first-order valence-electron chi connectivity index (χ1n) is 5.45. The van der Waals surface area contributed by atoms with Gasteiger partial charge in [-0.15, -0.1) is 0 Å². The molecule has 1 rings (SSSR count). The van der Waals surface area contributed by atoms with Gasteiger partial charge in [0.25, 0.3) is 0 Å². The monoisotopic (exact) mass is 285 g/mol.